The molecule has 0 aromatic heterocycles. The Morgan fingerprint density at radius 1 is 1.11 bits per heavy atom. The SMILES string of the molecule is CCOc1ccc(N2C(=O)CC(N(Cc3ccc(S(N)(=O)=O)cc3)C(=O)/C=C/C(=O)O)C2=O)cc1. The Morgan fingerprint density at radius 2 is 1.74 bits per heavy atom. The zero-order chi connectivity index (χ0) is 25.8. The van der Waals surface area contributed by atoms with E-state index < -0.39 is 39.8 Å². The van der Waals surface area contributed by atoms with Gasteiger partial charge in [-0.15, -0.1) is 0 Å². The topological polar surface area (TPSA) is 164 Å². The first-order chi connectivity index (χ1) is 16.5. The second kappa shape index (κ2) is 10.5. The molecule has 3 amide bonds. The zero-order valence-corrected chi connectivity index (χ0v) is 19.5. The Kier molecular flexibility index (Phi) is 7.67. The lowest BCUT2D eigenvalue weighted by molar-refractivity contribution is -0.135. The Labute approximate surface area is 201 Å². The summed E-state index contributed by atoms with van der Waals surface area (Å²) in [5.74, 6) is -2.79. The summed E-state index contributed by atoms with van der Waals surface area (Å²) >= 11 is 0. The molecule has 0 radical (unpaired) electrons. The van der Waals surface area contributed by atoms with E-state index in [0.29, 0.717) is 29.7 Å². The quantitative estimate of drug-likeness (QED) is 0.380. The van der Waals surface area contributed by atoms with E-state index in [9.17, 15) is 27.6 Å². The maximum Gasteiger partial charge on any atom is 0.328 e. The van der Waals surface area contributed by atoms with Crippen molar-refractivity contribution in [3.63, 3.8) is 0 Å². The van der Waals surface area contributed by atoms with Crippen molar-refractivity contribution in [1.29, 1.82) is 0 Å². The van der Waals surface area contributed by atoms with E-state index in [4.69, 9.17) is 15.0 Å². The first-order valence-corrected chi connectivity index (χ1v) is 12.0. The Bertz CT molecular complexity index is 1270. The number of hydrogen-bond acceptors (Lipinski definition) is 7. The number of carboxylic acid groups (broad SMARTS) is 1. The molecule has 0 spiro atoms. The van der Waals surface area contributed by atoms with Crippen LogP contribution in [0.2, 0.25) is 0 Å². The van der Waals surface area contributed by atoms with Crippen molar-refractivity contribution in [3.05, 3.63) is 66.2 Å². The third-order valence-corrected chi connectivity index (χ3v) is 6.09. The van der Waals surface area contributed by atoms with Crippen molar-refractivity contribution in [1.82, 2.24) is 4.90 Å². The molecule has 0 bridgehead atoms. The molecule has 1 aliphatic rings. The highest BCUT2D eigenvalue weighted by molar-refractivity contribution is 7.89. The number of rotatable bonds is 9. The van der Waals surface area contributed by atoms with Gasteiger partial charge in [0.25, 0.3) is 5.91 Å². The van der Waals surface area contributed by atoms with Crippen molar-refractivity contribution in [2.24, 2.45) is 5.14 Å². The smallest absolute Gasteiger partial charge is 0.328 e. The van der Waals surface area contributed by atoms with Crippen LogP contribution in [0.5, 0.6) is 5.75 Å². The summed E-state index contributed by atoms with van der Waals surface area (Å²) in [6.07, 6.45) is 1.11. The molecule has 0 saturated carbocycles. The molecular weight excluding hydrogens is 478 g/mol. The second-order valence-electron chi connectivity index (χ2n) is 7.54. The van der Waals surface area contributed by atoms with Crippen LogP contribution in [0.25, 0.3) is 0 Å². The normalized spacial score (nSPS) is 16.1. The molecule has 0 aliphatic carbocycles. The van der Waals surface area contributed by atoms with Gasteiger partial charge in [0, 0.05) is 18.7 Å². The predicted octanol–water partition coefficient (Wildman–Crippen LogP) is 1.03. The van der Waals surface area contributed by atoms with Gasteiger partial charge < -0.3 is 14.7 Å². The van der Waals surface area contributed by atoms with Crippen LogP contribution in [0.1, 0.15) is 18.9 Å². The molecule has 2 aromatic rings. The van der Waals surface area contributed by atoms with Crippen molar-refractivity contribution < 1.29 is 37.4 Å². The fourth-order valence-electron chi connectivity index (χ4n) is 3.55. The van der Waals surface area contributed by atoms with E-state index in [1.165, 1.54) is 24.3 Å². The summed E-state index contributed by atoms with van der Waals surface area (Å²) in [4.78, 5) is 51.6. The van der Waals surface area contributed by atoms with Gasteiger partial charge >= 0.3 is 5.97 Å². The summed E-state index contributed by atoms with van der Waals surface area (Å²) < 4.78 is 28.4. The minimum absolute atomic E-state index is 0.140. The number of nitrogens with two attached hydrogens (primary N) is 1. The van der Waals surface area contributed by atoms with Crippen LogP contribution in [0.15, 0.2) is 65.6 Å². The number of nitrogens with zero attached hydrogens (tertiary/aromatic N) is 2. The predicted molar refractivity (Wildman–Crippen MR) is 124 cm³/mol. The van der Waals surface area contributed by atoms with E-state index in [1.54, 1.807) is 24.3 Å². The van der Waals surface area contributed by atoms with Crippen molar-refractivity contribution in [2.75, 3.05) is 11.5 Å². The van der Waals surface area contributed by atoms with Gasteiger partial charge in [-0.1, -0.05) is 12.1 Å². The summed E-state index contributed by atoms with van der Waals surface area (Å²) in [6, 6.07) is 10.4. The minimum atomic E-state index is -3.93. The van der Waals surface area contributed by atoms with Crippen molar-refractivity contribution in [2.45, 2.75) is 30.8 Å². The number of carbonyl (C=O) groups excluding carboxylic acids is 3. The maximum absolute atomic E-state index is 13.2. The van der Waals surface area contributed by atoms with E-state index in [0.717, 1.165) is 15.9 Å². The monoisotopic (exact) mass is 501 g/mol. The zero-order valence-electron chi connectivity index (χ0n) is 18.7. The van der Waals surface area contributed by atoms with Crippen LogP contribution >= 0.6 is 0 Å². The van der Waals surface area contributed by atoms with Gasteiger partial charge in [0.2, 0.25) is 21.8 Å². The van der Waals surface area contributed by atoms with Gasteiger partial charge in [0.15, 0.2) is 0 Å². The number of primary sulfonamides is 1. The highest BCUT2D eigenvalue weighted by atomic mass is 32.2. The number of imide groups is 1. The second-order valence-corrected chi connectivity index (χ2v) is 9.10. The van der Waals surface area contributed by atoms with Gasteiger partial charge in [0.05, 0.1) is 23.6 Å². The molecule has 1 heterocycles. The lowest BCUT2D eigenvalue weighted by Gasteiger charge is -2.27. The number of sulfonamides is 1. The fraction of sp³-hybridized carbons (Fsp3) is 0.217. The molecule has 12 heteroatoms. The Balaban J connectivity index is 1.90. The number of hydrogen-bond donors (Lipinski definition) is 2. The lowest BCUT2D eigenvalue weighted by Crippen LogP contribution is -2.44. The number of aliphatic carboxylic acids is 1. The number of anilines is 1. The molecule has 1 fully saturated rings. The molecule has 1 saturated heterocycles. The molecule has 1 unspecified atom stereocenters. The molecule has 1 aliphatic heterocycles. The average Bonchev–Trinajstić information content (AvgIpc) is 3.10. The van der Waals surface area contributed by atoms with Crippen LogP contribution in [0, 0.1) is 0 Å². The number of ether oxygens (including phenoxy) is 1. The summed E-state index contributed by atoms with van der Waals surface area (Å²) in [7, 11) is -3.93. The number of carbonyl (C=O) groups is 4. The highest BCUT2D eigenvalue weighted by Crippen LogP contribution is 2.28. The third kappa shape index (κ3) is 6.11. The first-order valence-electron chi connectivity index (χ1n) is 10.4. The van der Waals surface area contributed by atoms with Gasteiger partial charge in [-0.05, 0) is 48.9 Å². The van der Waals surface area contributed by atoms with Gasteiger partial charge in [-0.25, -0.2) is 23.3 Å². The molecule has 11 nitrogen and oxygen atoms in total. The van der Waals surface area contributed by atoms with Crippen LogP contribution < -0.4 is 14.8 Å². The number of amides is 3. The van der Waals surface area contributed by atoms with Crippen LogP contribution in [0.4, 0.5) is 5.69 Å². The van der Waals surface area contributed by atoms with E-state index in [2.05, 4.69) is 0 Å². The Hall–Kier alpha value is -4.03. The molecule has 1 atom stereocenters. The third-order valence-electron chi connectivity index (χ3n) is 5.16. The van der Waals surface area contributed by atoms with Crippen LogP contribution in [-0.2, 0) is 35.7 Å². The maximum atomic E-state index is 13.2. The molecule has 2 aromatic carbocycles. The summed E-state index contributed by atoms with van der Waals surface area (Å²) in [5, 5.41) is 14.0. The molecular formula is C23H23N3O8S. The first kappa shape index (κ1) is 25.6. The fourth-order valence-corrected chi connectivity index (χ4v) is 4.07. The molecule has 3 N–H and O–H groups in total. The number of carboxylic acids is 1. The standard InChI is InChI=1S/C23H23N3O8S/c1-2-34-17-7-5-16(6-8-17)26-21(28)13-19(23(26)31)25(20(27)11-12-22(29)30)14-15-3-9-18(10-4-15)35(24,32)33/h3-12,19H,2,13-14H2,1H3,(H,29,30)(H2,24,32,33)/b12-11+. The molecule has 3 rings (SSSR count). The minimum Gasteiger partial charge on any atom is -0.494 e. The van der Waals surface area contributed by atoms with Gasteiger partial charge in [-0.2, -0.15) is 0 Å². The number of benzene rings is 2. The van der Waals surface area contributed by atoms with Crippen LogP contribution in [-0.4, -0.2) is 54.8 Å². The molecule has 35 heavy (non-hydrogen) atoms. The van der Waals surface area contributed by atoms with Gasteiger partial charge in [-0.3, -0.25) is 14.4 Å². The van der Waals surface area contributed by atoms with Gasteiger partial charge in [0.1, 0.15) is 11.8 Å². The Morgan fingerprint density at radius 3 is 2.29 bits per heavy atom. The molecule has 184 valence electrons. The van der Waals surface area contributed by atoms with Crippen molar-refractivity contribution >= 4 is 39.4 Å². The van der Waals surface area contributed by atoms with E-state index in [-0.39, 0.29) is 17.9 Å². The van der Waals surface area contributed by atoms with Crippen LogP contribution in [0.3, 0.4) is 0 Å². The van der Waals surface area contributed by atoms with Crippen molar-refractivity contribution in [3.8, 4) is 5.75 Å². The van der Waals surface area contributed by atoms with E-state index in [1.807, 2.05) is 6.92 Å². The summed E-state index contributed by atoms with van der Waals surface area (Å²) in [6.45, 7) is 2.08. The largest absolute Gasteiger partial charge is 0.494 e. The lowest BCUT2D eigenvalue weighted by atomic mass is 10.1. The summed E-state index contributed by atoms with van der Waals surface area (Å²) in [5.41, 5.74) is 0.742. The average molecular weight is 502 g/mol. The highest BCUT2D eigenvalue weighted by Gasteiger charge is 2.44. The van der Waals surface area contributed by atoms with E-state index >= 15 is 0 Å².